The van der Waals surface area contributed by atoms with Crippen LogP contribution in [0.1, 0.15) is 13.3 Å². The number of nitriles is 1. The smallest absolute Gasteiger partial charge is 0.332 e. The van der Waals surface area contributed by atoms with Gasteiger partial charge in [-0.2, -0.15) is 5.26 Å². The van der Waals surface area contributed by atoms with Gasteiger partial charge in [-0.25, -0.2) is 4.79 Å². The summed E-state index contributed by atoms with van der Waals surface area (Å²) in [6.45, 7) is 1.80. The van der Waals surface area contributed by atoms with Gasteiger partial charge in [-0.05, 0) is 13.3 Å². The van der Waals surface area contributed by atoms with Crippen LogP contribution in [0.15, 0.2) is 23.8 Å². The van der Waals surface area contributed by atoms with E-state index in [1.54, 1.807) is 25.1 Å². The van der Waals surface area contributed by atoms with Crippen molar-refractivity contribution in [1.29, 1.82) is 5.26 Å². The van der Waals surface area contributed by atoms with Crippen molar-refractivity contribution in [2.75, 3.05) is 0 Å². The van der Waals surface area contributed by atoms with Crippen LogP contribution in [0.4, 0.5) is 0 Å². The number of hydrogen-bond acceptors (Lipinski definition) is 2. The van der Waals surface area contributed by atoms with Crippen molar-refractivity contribution in [3.8, 4) is 6.07 Å². The van der Waals surface area contributed by atoms with Gasteiger partial charge in [0.05, 0.1) is 11.6 Å². The van der Waals surface area contributed by atoms with Gasteiger partial charge in [-0.1, -0.05) is 12.2 Å². The summed E-state index contributed by atoms with van der Waals surface area (Å²) in [5, 5.41) is 16.6. The fourth-order valence-electron chi connectivity index (χ4n) is 0.531. The van der Waals surface area contributed by atoms with E-state index in [9.17, 15) is 4.79 Å². The first-order chi connectivity index (χ1) is 5.22. The molecule has 0 fully saturated rings. The molecule has 3 nitrogen and oxygen atoms in total. The van der Waals surface area contributed by atoms with E-state index >= 15 is 0 Å². The highest BCUT2D eigenvalue weighted by molar-refractivity contribution is 5.87. The third-order valence-electron chi connectivity index (χ3n) is 1.09. The molecule has 0 aliphatic rings. The average Bonchev–Trinajstić information content (AvgIpc) is 1.97. The van der Waals surface area contributed by atoms with Gasteiger partial charge in [0.1, 0.15) is 0 Å². The van der Waals surface area contributed by atoms with Crippen LogP contribution in [0.3, 0.4) is 0 Å². The summed E-state index contributed by atoms with van der Waals surface area (Å²) in [5.74, 6) is -1.04. The molecule has 0 rings (SSSR count). The number of aliphatic carboxylic acids is 1. The van der Waals surface area contributed by atoms with Crippen molar-refractivity contribution in [2.45, 2.75) is 13.3 Å². The molecule has 0 aliphatic heterocycles. The Balaban J connectivity index is 4.27. The van der Waals surface area contributed by atoms with Gasteiger partial charge in [-0.3, -0.25) is 0 Å². The largest absolute Gasteiger partial charge is 0.478 e. The Kier molecular flexibility index (Phi) is 4.50. The number of carboxylic acids is 1. The highest BCUT2D eigenvalue weighted by atomic mass is 16.4. The van der Waals surface area contributed by atoms with Crippen LogP contribution in [0, 0.1) is 11.3 Å². The van der Waals surface area contributed by atoms with Gasteiger partial charge in [0.25, 0.3) is 0 Å². The van der Waals surface area contributed by atoms with Crippen LogP contribution in [0.2, 0.25) is 0 Å². The highest BCUT2D eigenvalue weighted by Crippen LogP contribution is 2.01. The third-order valence-corrected chi connectivity index (χ3v) is 1.09. The van der Waals surface area contributed by atoms with Crippen molar-refractivity contribution < 1.29 is 9.90 Å². The fourth-order valence-corrected chi connectivity index (χ4v) is 0.531. The lowest BCUT2D eigenvalue weighted by molar-refractivity contribution is -0.132. The van der Waals surface area contributed by atoms with Crippen LogP contribution in [0.5, 0.6) is 0 Å². The predicted octanol–water partition coefficient (Wildman–Crippen LogP) is 1.49. The zero-order chi connectivity index (χ0) is 8.69. The van der Waals surface area contributed by atoms with Crippen molar-refractivity contribution >= 4 is 5.97 Å². The van der Waals surface area contributed by atoms with E-state index in [-0.39, 0.29) is 5.57 Å². The molecule has 0 atom stereocenters. The highest BCUT2D eigenvalue weighted by Gasteiger charge is 2.02. The SMILES string of the molecule is C/C=C/C/C(=C/C#N)C(=O)O. The lowest BCUT2D eigenvalue weighted by Crippen LogP contribution is -1.98. The summed E-state index contributed by atoms with van der Waals surface area (Å²) in [7, 11) is 0. The predicted molar refractivity (Wildman–Crippen MR) is 40.8 cm³/mol. The minimum atomic E-state index is -1.04. The average molecular weight is 151 g/mol. The van der Waals surface area contributed by atoms with Crippen LogP contribution in [-0.4, -0.2) is 11.1 Å². The molecular weight excluding hydrogens is 142 g/mol. The van der Waals surface area contributed by atoms with Crippen LogP contribution in [-0.2, 0) is 4.79 Å². The summed E-state index contributed by atoms with van der Waals surface area (Å²) >= 11 is 0. The lowest BCUT2D eigenvalue weighted by atomic mass is 10.2. The molecule has 0 aromatic rings. The maximum Gasteiger partial charge on any atom is 0.332 e. The second-order valence-electron chi connectivity index (χ2n) is 1.88. The Morgan fingerprint density at radius 2 is 2.36 bits per heavy atom. The molecule has 58 valence electrons. The van der Waals surface area contributed by atoms with Crippen molar-refractivity contribution in [3.63, 3.8) is 0 Å². The molecule has 0 radical (unpaired) electrons. The molecule has 0 saturated carbocycles. The van der Waals surface area contributed by atoms with Crippen molar-refractivity contribution in [1.82, 2.24) is 0 Å². The summed E-state index contributed by atoms with van der Waals surface area (Å²) in [5.41, 5.74) is 0.116. The van der Waals surface area contributed by atoms with Gasteiger partial charge >= 0.3 is 5.97 Å². The molecular formula is C8H9NO2. The van der Waals surface area contributed by atoms with Gasteiger partial charge in [0.15, 0.2) is 0 Å². The van der Waals surface area contributed by atoms with Crippen LogP contribution < -0.4 is 0 Å². The number of hydrogen-bond donors (Lipinski definition) is 1. The number of carboxylic acid groups (broad SMARTS) is 1. The molecule has 11 heavy (non-hydrogen) atoms. The fraction of sp³-hybridized carbons (Fsp3) is 0.250. The number of nitrogens with zero attached hydrogens (tertiary/aromatic N) is 1. The standard InChI is InChI=1S/C8H9NO2/c1-2-3-4-7(5-6-9)8(10)11/h2-3,5H,4H2,1H3,(H,10,11)/b3-2+,7-5-. The molecule has 0 bridgehead atoms. The van der Waals surface area contributed by atoms with Crippen molar-refractivity contribution in [3.05, 3.63) is 23.8 Å². The Bertz CT molecular complexity index is 233. The second kappa shape index (κ2) is 5.24. The summed E-state index contributed by atoms with van der Waals surface area (Å²) in [4.78, 5) is 10.3. The van der Waals surface area contributed by atoms with E-state index in [0.717, 1.165) is 6.08 Å². The Morgan fingerprint density at radius 1 is 1.73 bits per heavy atom. The van der Waals surface area contributed by atoms with E-state index in [1.807, 2.05) is 0 Å². The van der Waals surface area contributed by atoms with E-state index < -0.39 is 5.97 Å². The molecule has 0 saturated heterocycles. The van der Waals surface area contributed by atoms with Crippen LogP contribution in [0.25, 0.3) is 0 Å². The Hall–Kier alpha value is -1.56. The Morgan fingerprint density at radius 3 is 2.73 bits per heavy atom. The summed E-state index contributed by atoms with van der Waals surface area (Å²) in [6.07, 6.45) is 4.78. The van der Waals surface area contributed by atoms with Gasteiger partial charge < -0.3 is 5.11 Å². The molecule has 0 aromatic carbocycles. The molecule has 0 aliphatic carbocycles. The van der Waals surface area contributed by atoms with E-state index in [4.69, 9.17) is 10.4 Å². The minimum absolute atomic E-state index is 0.116. The van der Waals surface area contributed by atoms with Gasteiger partial charge in [0, 0.05) is 6.08 Å². The maximum atomic E-state index is 10.3. The number of allylic oxidation sites excluding steroid dienone is 3. The zero-order valence-electron chi connectivity index (χ0n) is 6.24. The molecule has 0 amide bonds. The van der Waals surface area contributed by atoms with E-state index in [2.05, 4.69) is 0 Å². The molecule has 0 heterocycles. The van der Waals surface area contributed by atoms with Crippen molar-refractivity contribution in [2.24, 2.45) is 0 Å². The summed E-state index contributed by atoms with van der Waals surface area (Å²) in [6, 6.07) is 1.68. The monoisotopic (exact) mass is 151 g/mol. The first-order valence-electron chi connectivity index (χ1n) is 3.15. The number of rotatable bonds is 3. The summed E-state index contributed by atoms with van der Waals surface area (Å²) < 4.78 is 0. The first kappa shape index (κ1) is 9.44. The maximum absolute atomic E-state index is 10.3. The Labute approximate surface area is 65.3 Å². The van der Waals surface area contributed by atoms with Gasteiger partial charge in [-0.15, -0.1) is 0 Å². The lowest BCUT2D eigenvalue weighted by Gasteiger charge is -1.92. The topological polar surface area (TPSA) is 61.1 Å². The van der Waals surface area contributed by atoms with E-state index in [0.29, 0.717) is 6.42 Å². The van der Waals surface area contributed by atoms with Gasteiger partial charge in [0.2, 0.25) is 0 Å². The third kappa shape index (κ3) is 3.93. The van der Waals surface area contributed by atoms with Crippen LogP contribution >= 0.6 is 0 Å². The first-order valence-corrected chi connectivity index (χ1v) is 3.15. The second-order valence-corrected chi connectivity index (χ2v) is 1.88. The molecule has 0 unspecified atom stereocenters. The normalized spacial score (nSPS) is 11.5. The molecule has 0 aromatic heterocycles. The molecule has 0 spiro atoms. The van der Waals surface area contributed by atoms with E-state index in [1.165, 1.54) is 0 Å². The molecule has 3 heteroatoms. The minimum Gasteiger partial charge on any atom is -0.478 e. The quantitative estimate of drug-likeness (QED) is 0.377. The zero-order valence-corrected chi connectivity index (χ0v) is 6.24. The molecule has 1 N–H and O–H groups in total. The number of carbonyl (C=O) groups is 1.